The molecule has 0 saturated carbocycles. The van der Waals surface area contributed by atoms with Gasteiger partial charge in [-0.25, -0.2) is 4.98 Å². The number of aryl methyl sites for hydroxylation is 1. The molecule has 1 saturated heterocycles. The Morgan fingerprint density at radius 3 is 3.10 bits per heavy atom. The van der Waals surface area contributed by atoms with E-state index >= 15 is 0 Å². The van der Waals surface area contributed by atoms with Crippen molar-refractivity contribution in [2.45, 2.75) is 39.5 Å². The Bertz CT molecular complexity index is 405. The molecule has 1 fully saturated rings. The summed E-state index contributed by atoms with van der Waals surface area (Å²) in [7, 11) is 0. The Kier molecular flexibility index (Phi) is 6.05. The summed E-state index contributed by atoms with van der Waals surface area (Å²) in [5, 5.41) is 6.77. The summed E-state index contributed by atoms with van der Waals surface area (Å²) in [6.07, 6.45) is 4.77. The van der Waals surface area contributed by atoms with Gasteiger partial charge in [-0.2, -0.15) is 4.98 Å². The minimum atomic E-state index is 0.668. The molecule has 0 bridgehead atoms. The van der Waals surface area contributed by atoms with Gasteiger partial charge in [0.15, 0.2) is 0 Å². The van der Waals surface area contributed by atoms with E-state index in [-0.39, 0.29) is 0 Å². The summed E-state index contributed by atoms with van der Waals surface area (Å²) in [6.45, 7) is 7.99. The van der Waals surface area contributed by atoms with Gasteiger partial charge in [0.1, 0.15) is 0 Å². The highest BCUT2D eigenvalue weighted by Gasteiger charge is 2.12. The van der Waals surface area contributed by atoms with E-state index in [0.29, 0.717) is 18.4 Å². The van der Waals surface area contributed by atoms with E-state index in [1.54, 1.807) is 0 Å². The van der Waals surface area contributed by atoms with Crippen molar-refractivity contribution in [3.63, 3.8) is 0 Å². The fourth-order valence-corrected chi connectivity index (χ4v) is 2.46. The number of hydrogen-bond donors (Lipinski definition) is 2. The molecule has 5 heteroatoms. The van der Waals surface area contributed by atoms with Gasteiger partial charge in [0.05, 0.1) is 6.61 Å². The van der Waals surface area contributed by atoms with E-state index < -0.39 is 0 Å². The molecule has 1 aliphatic heterocycles. The molecular weight excluding hydrogens is 252 g/mol. The lowest BCUT2D eigenvalue weighted by molar-refractivity contribution is 0.305. The highest BCUT2D eigenvalue weighted by Crippen LogP contribution is 2.15. The Labute approximate surface area is 121 Å². The zero-order valence-electron chi connectivity index (χ0n) is 12.6. The largest absolute Gasteiger partial charge is 0.478 e. The number of rotatable bonds is 7. The number of ether oxygens (including phenoxy) is 1. The molecule has 2 N–H and O–H groups in total. The minimum absolute atomic E-state index is 0.668. The highest BCUT2D eigenvalue weighted by atomic mass is 16.5. The number of anilines is 1. The molecule has 0 spiro atoms. The Balaban J connectivity index is 1.80. The van der Waals surface area contributed by atoms with Crippen molar-refractivity contribution in [3.05, 3.63) is 11.8 Å². The van der Waals surface area contributed by atoms with Crippen LogP contribution in [0.1, 0.15) is 38.3 Å². The SMILES string of the molecule is CCCOc1cc(C)nc(NCCC2CCCNC2)n1. The van der Waals surface area contributed by atoms with Gasteiger partial charge in [-0.05, 0) is 51.6 Å². The first-order valence-corrected chi connectivity index (χ1v) is 7.71. The topological polar surface area (TPSA) is 59.1 Å². The van der Waals surface area contributed by atoms with Gasteiger partial charge in [-0.3, -0.25) is 0 Å². The van der Waals surface area contributed by atoms with Crippen molar-refractivity contribution in [3.8, 4) is 5.88 Å². The van der Waals surface area contributed by atoms with Crippen molar-refractivity contribution >= 4 is 5.95 Å². The zero-order valence-corrected chi connectivity index (χ0v) is 12.6. The standard InChI is InChI=1S/C15H26N4O/c1-3-9-20-14-10-12(2)18-15(19-14)17-8-6-13-5-4-7-16-11-13/h10,13,16H,3-9,11H2,1-2H3,(H,17,18,19). The maximum Gasteiger partial charge on any atom is 0.226 e. The maximum atomic E-state index is 5.57. The average Bonchev–Trinajstić information content (AvgIpc) is 2.46. The molecule has 1 aromatic heterocycles. The monoisotopic (exact) mass is 278 g/mol. The van der Waals surface area contributed by atoms with Gasteiger partial charge in [0, 0.05) is 18.3 Å². The van der Waals surface area contributed by atoms with Crippen LogP contribution in [0.4, 0.5) is 5.95 Å². The molecule has 1 aliphatic rings. The molecule has 1 atom stereocenters. The quantitative estimate of drug-likeness (QED) is 0.802. The second kappa shape index (κ2) is 8.04. The maximum absolute atomic E-state index is 5.57. The van der Waals surface area contributed by atoms with Gasteiger partial charge in [-0.15, -0.1) is 0 Å². The van der Waals surface area contributed by atoms with Gasteiger partial charge in [0.2, 0.25) is 11.8 Å². The smallest absolute Gasteiger partial charge is 0.226 e. The van der Waals surface area contributed by atoms with Crippen LogP contribution in [0.15, 0.2) is 6.07 Å². The lowest BCUT2D eigenvalue weighted by Crippen LogP contribution is -2.30. The normalized spacial score (nSPS) is 18.8. The second-order valence-electron chi connectivity index (χ2n) is 5.45. The summed E-state index contributed by atoms with van der Waals surface area (Å²) >= 11 is 0. The number of piperidine rings is 1. The predicted molar refractivity (Wildman–Crippen MR) is 81.3 cm³/mol. The first-order valence-electron chi connectivity index (χ1n) is 7.71. The zero-order chi connectivity index (χ0) is 14.2. The van der Waals surface area contributed by atoms with Crippen LogP contribution in [0, 0.1) is 12.8 Å². The molecule has 0 radical (unpaired) electrons. The molecular formula is C15H26N4O. The lowest BCUT2D eigenvalue weighted by Gasteiger charge is -2.22. The summed E-state index contributed by atoms with van der Waals surface area (Å²) in [6, 6.07) is 1.88. The third kappa shape index (κ3) is 4.96. The second-order valence-corrected chi connectivity index (χ2v) is 5.45. The van der Waals surface area contributed by atoms with Crippen molar-refractivity contribution < 1.29 is 4.74 Å². The van der Waals surface area contributed by atoms with Gasteiger partial charge >= 0.3 is 0 Å². The molecule has 5 nitrogen and oxygen atoms in total. The van der Waals surface area contributed by atoms with E-state index in [4.69, 9.17) is 4.74 Å². The minimum Gasteiger partial charge on any atom is -0.478 e. The van der Waals surface area contributed by atoms with E-state index in [1.807, 2.05) is 13.0 Å². The Morgan fingerprint density at radius 2 is 2.35 bits per heavy atom. The molecule has 112 valence electrons. The molecule has 1 aromatic rings. The first-order chi connectivity index (χ1) is 9.78. The van der Waals surface area contributed by atoms with Crippen LogP contribution in [-0.2, 0) is 0 Å². The highest BCUT2D eigenvalue weighted by molar-refractivity contribution is 5.30. The molecule has 20 heavy (non-hydrogen) atoms. The van der Waals surface area contributed by atoms with E-state index in [0.717, 1.165) is 37.5 Å². The van der Waals surface area contributed by atoms with Gasteiger partial charge in [0.25, 0.3) is 0 Å². The van der Waals surface area contributed by atoms with E-state index in [1.165, 1.54) is 19.4 Å². The third-order valence-corrected chi connectivity index (χ3v) is 3.52. The summed E-state index contributed by atoms with van der Waals surface area (Å²) in [5.41, 5.74) is 0.938. The van der Waals surface area contributed by atoms with Gasteiger partial charge in [-0.1, -0.05) is 6.92 Å². The van der Waals surface area contributed by atoms with Crippen molar-refractivity contribution in [2.75, 3.05) is 31.6 Å². The van der Waals surface area contributed by atoms with Crippen LogP contribution in [-0.4, -0.2) is 36.2 Å². The number of aromatic nitrogens is 2. The number of nitrogens with one attached hydrogen (secondary N) is 2. The number of hydrogen-bond acceptors (Lipinski definition) is 5. The molecule has 1 unspecified atom stereocenters. The Morgan fingerprint density at radius 1 is 1.45 bits per heavy atom. The van der Waals surface area contributed by atoms with Crippen molar-refractivity contribution in [1.29, 1.82) is 0 Å². The van der Waals surface area contributed by atoms with E-state index in [2.05, 4.69) is 27.5 Å². The van der Waals surface area contributed by atoms with Crippen LogP contribution >= 0.6 is 0 Å². The van der Waals surface area contributed by atoms with Crippen LogP contribution in [0.2, 0.25) is 0 Å². The first kappa shape index (κ1) is 15.0. The fraction of sp³-hybridized carbons (Fsp3) is 0.733. The summed E-state index contributed by atoms with van der Waals surface area (Å²) < 4.78 is 5.57. The molecule has 0 amide bonds. The lowest BCUT2D eigenvalue weighted by atomic mass is 9.96. The average molecular weight is 278 g/mol. The third-order valence-electron chi connectivity index (χ3n) is 3.52. The molecule has 2 heterocycles. The Hall–Kier alpha value is -1.36. The summed E-state index contributed by atoms with van der Waals surface area (Å²) in [4.78, 5) is 8.80. The van der Waals surface area contributed by atoms with Crippen molar-refractivity contribution in [2.24, 2.45) is 5.92 Å². The van der Waals surface area contributed by atoms with Crippen LogP contribution in [0.25, 0.3) is 0 Å². The molecule has 0 aliphatic carbocycles. The van der Waals surface area contributed by atoms with Crippen LogP contribution in [0.5, 0.6) is 5.88 Å². The molecule has 0 aromatic carbocycles. The predicted octanol–water partition coefficient (Wildman–Crippen LogP) is 2.38. The van der Waals surface area contributed by atoms with E-state index in [9.17, 15) is 0 Å². The summed E-state index contributed by atoms with van der Waals surface area (Å²) in [5.74, 6) is 2.12. The van der Waals surface area contributed by atoms with Crippen LogP contribution < -0.4 is 15.4 Å². The molecule has 2 rings (SSSR count). The van der Waals surface area contributed by atoms with Crippen molar-refractivity contribution in [1.82, 2.24) is 15.3 Å². The fourth-order valence-electron chi connectivity index (χ4n) is 2.46. The van der Waals surface area contributed by atoms with Gasteiger partial charge < -0.3 is 15.4 Å². The number of nitrogens with zero attached hydrogens (tertiary/aromatic N) is 2. The van der Waals surface area contributed by atoms with Crippen LogP contribution in [0.3, 0.4) is 0 Å².